The van der Waals surface area contributed by atoms with Crippen molar-refractivity contribution in [2.24, 2.45) is 4.99 Å². The number of amides is 3. The third-order valence-electron chi connectivity index (χ3n) is 4.64. The molecular formula is C14H23N5O2. The fraction of sp³-hybridized carbons (Fsp3) is 0.786. The zero-order valence-corrected chi connectivity index (χ0v) is 12.6. The van der Waals surface area contributed by atoms with Gasteiger partial charge in [-0.15, -0.1) is 0 Å². The molecule has 3 amide bonds. The average molecular weight is 293 g/mol. The second kappa shape index (κ2) is 5.54. The largest absolute Gasteiger partial charge is 0.353 e. The van der Waals surface area contributed by atoms with E-state index in [-0.39, 0.29) is 11.9 Å². The van der Waals surface area contributed by atoms with Crippen LogP contribution >= 0.6 is 0 Å². The summed E-state index contributed by atoms with van der Waals surface area (Å²) in [7, 11) is 1.68. The summed E-state index contributed by atoms with van der Waals surface area (Å²) in [5.41, 5.74) is 0. The van der Waals surface area contributed by atoms with Crippen LogP contribution in [-0.4, -0.2) is 59.5 Å². The number of hydrogen-bond acceptors (Lipinski definition) is 5. The molecule has 7 heteroatoms. The lowest BCUT2D eigenvalue weighted by Gasteiger charge is -2.36. The van der Waals surface area contributed by atoms with Crippen molar-refractivity contribution in [1.82, 2.24) is 20.4 Å². The Morgan fingerprint density at radius 1 is 1.29 bits per heavy atom. The summed E-state index contributed by atoms with van der Waals surface area (Å²) in [4.78, 5) is 32.0. The molecule has 2 N–H and O–H groups in total. The van der Waals surface area contributed by atoms with E-state index >= 15 is 0 Å². The van der Waals surface area contributed by atoms with Crippen LogP contribution < -0.4 is 10.6 Å². The Morgan fingerprint density at radius 3 is 2.67 bits per heavy atom. The van der Waals surface area contributed by atoms with Crippen molar-refractivity contribution >= 4 is 17.9 Å². The van der Waals surface area contributed by atoms with Crippen molar-refractivity contribution in [3.8, 4) is 0 Å². The van der Waals surface area contributed by atoms with Crippen LogP contribution in [0.15, 0.2) is 4.99 Å². The van der Waals surface area contributed by atoms with Crippen LogP contribution in [0.2, 0.25) is 0 Å². The number of fused-ring (bicyclic) bond motifs is 1. The number of nitrogens with zero attached hydrogens (tertiary/aromatic N) is 3. The molecule has 1 aliphatic carbocycles. The molecule has 2 unspecified atom stereocenters. The zero-order valence-electron chi connectivity index (χ0n) is 12.6. The SMILES string of the molecule is CCN1C(NC2CCCCC2)=NC2C1C(=O)NC(=O)N2C. The molecule has 3 aliphatic rings. The highest BCUT2D eigenvalue weighted by atomic mass is 16.2. The van der Waals surface area contributed by atoms with E-state index in [9.17, 15) is 9.59 Å². The van der Waals surface area contributed by atoms with Gasteiger partial charge in [0, 0.05) is 19.6 Å². The van der Waals surface area contributed by atoms with Crippen LogP contribution in [0.3, 0.4) is 0 Å². The minimum atomic E-state index is -0.419. The van der Waals surface area contributed by atoms with Crippen molar-refractivity contribution in [2.75, 3.05) is 13.6 Å². The first kappa shape index (κ1) is 14.2. The number of aliphatic imine (C=N–C) groups is 1. The number of hydrogen-bond donors (Lipinski definition) is 2. The summed E-state index contributed by atoms with van der Waals surface area (Å²) in [6.07, 6.45) is 5.65. The molecule has 0 bridgehead atoms. The Hall–Kier alpha value is -1.79. The maximum absolute atomic E-state index is 12.1. The van der Waals surface area contributed by atoms with Crippen molar-refractivity contribution in [1.29, 1.82) is 0 Å². The van der Waals surface area contributed by atoms with Crippen LogP contribution in [0.4, 0.5) is 4.79 Å². The molecule has 0 spiro atoms. The molecule has 0 aromatic rings. The Bertz CT molecular complexity index is 472. The number of guanidine groups is 1. The minimum Gasteiger partial charge on any atom is -0.353 e. The number of rotatable bonds is 2. The number of urea groups is 1. The number of carbonyl (C=O) groups excluding carboxylic acids is 2. The first-order valence-electron chi connectivity index (χ1n) is 7.80. The van der Waals surface area contributed by atoms with Crippen LogP contribution in [0.5, 0.6) is 0 Å². The fourth-order valence-electron chi connectivity index (χ4n) is 3.42. The molecule has 0 radical (unpaired) electrons. The Morgan fingerprint density at radius 2 is 2.00 bits per heavy atom. The molecule has 116 valence electrons. The highest BCUT2D eigenvalue weighted by Crippen LogP contribution is 2.24. The second-order valence-electron chi connectivity index (χ2n) is 5.98. The third kappa shape index (κ3) is 2.45. The first-order valence-corrected chi connectivity index (χ1v) is 7.80. The van der Waals surface area contributed by atoms with E-state index in [1.807, 2.05) is 11.8 Å². The Kier molecular flexibility index (Phi) is 3.73. The van der Waals surface area contributed by atoms with Gasteiger partial charge in [0.15, 0.2) is 18.2 Å². The van der Waals surface area contributed by atoms with Crippen molar-refractivity contribution in [3.63, 3.8) is 0 Å². The van der Waals surface area contributed by atoms with Gasteiger partial charge in [-0.3, -0.25) is 10.1 Å². The molecule has 2 heterocycles. The first-order chi connectivity index (χ1) is 10.1. The Labute approximate surface area is 124 Å². The average Bonchev–Trinajstić information content (AvgIpc) is 2.85. The number of carbonyl (C=O) groups is 2. The van der Waals surface area contributed by atoms with E-state index in [4.69, 9.17) is 0 Å². The number of nitrogens with one attached hydrogen (secondary N) is 2. The van der Waals surface area contributed by atoms with Gasteiger partial charge in [-0.1, -0.05) is 19.3 Å². The van der Waals surface area contributed by atoms with Gasteiger partial charge in [0.2, 0.25) is 0 Å². The molecule has 2 aliphatic heterocycles. The molecule has 7 nitrogen and oxygen atoms in total. The van der Waals surface area contributed by atoms with Gasteiger partial charge in [0.25, 0.3) is 5.91 Å². The van der Waals surface area contributed by atoms with E-state index in [2.05, 4.69) is 15.6 Å². The molecule has 0 aromatic heterocycles. The summed E-state index contributed by atoms with van der Waals surface area (Å²) < 4.78 is 0. The number of likely N-dealkylation sites (N-methyl/N-ethyl adjacent to an activating group) is 2. The lowest BCUT2D eigenvalue weighted by Crippen LogP contribution is -2.64. The van der Waals surface area contributed by atoms with Crippen LogP contribution in [-0.2, 0) is 4.79 Å². The second-order valence-corrected chi connectivity index (χ2v) is 5.98. The van der Waals surface area contributed by atoms with E-state index in [0.29, 0.717) is 12.6 Å². The maximum Gasteiger partial charge on any atom is 0.325 e. The lowest BCUT2D eigenvalue weighted by molar-refractivity contribution is -0.127. The predicted octanol–water partition coefficient (Wildman–Crippen LogP) is 0.477. The minimum absolute atomic E-state index is 0.255. The smallest absolute Gasteiger partial charge is 0.325 e. The molecule has 1 saturated heterocycles. The monoisotopic (exact) mass is 293 g/mol. The van der Waals surface area contributed by atoms with Crippen LogP contribution in [0.1, 0.15) is 39.0 Å². The maximum atomic E-state index is 12.1. The molecular weight excluding hydrogens is 270 g/mol. The van der Waals surface area contributed by atoms with Gasteiger partial charge in [-0.2, -0.15) is 0 Å². The highest BCUT2D eigenvalue weighted by molar-refractivity contribution is 6.03. The zero-order chi connectivity index (χ0) is 15.0. The van der Waals surface area contributed by atoms with Crippen LogP contribution in [0.25, 0.3) is 0 Å². The molecule has 2 fully saturated rings. The predicted molar refractivity (Wildman–Crippen MR) is 78.7 cm³/mol. The fourth-order valence-corrected chi connectivity index (χ4v) is 3.42. The molecule has 1 saturated carbocycles. The van der Waals surface area contributed by atoms with Gasteiger partial charge in [-0.05, 0) is 19.8 Å². The lowest BCUT2D eigenvalue weighted by atomic mass is 9.96. The molecule has 21 heavy (non-hydrogen) atoms. The third-order valence-corrected chi connectivity index (χ3v) is 4.64. The van der Waals surface area contributed by atoms with Gasteiger partial charge in [-0.25, -0.2) is 9.79 Å². The summed E-state index contributed by atoms with van der Waals surface area (Å²) in [5.74, 6) is 0.505. The topological polar surface area (TPSA) is 77.0 Å². The highest BCUT2D eigenvalue weighted by Gasteiger charge is 2.48. The quantitative estimate of drug-likeness (QED) is 0.776. The summed E-state index contributed by atoms with van der Waals surface area (Å²) in [6, 6.07) is -0.362. The Balaban J connectivity index is 1.79. The molecule has 3 rings (SSSR count). The van der Waals surface area contributed by atoms with Crippen LogP contribution in [0, 0.1) is 0 Å². The number of imide groups is 1. The molecule has 0 aromatic carbocycles. The summed E-state index contributed by atoms with van der Waals surface area (Å²) in [5, 5.41) is 5.88. The van der Waals surface area contributed by atoms with E-state index in [1.165, 1.54) is 24.2 Å². The van der Waals surface area contributed by atoms with E-state index in [1.54, 1.807) is 7.05 Å². The van der Waals surface area contributed by atoms with Crippen molar-refractivity contribution in [3.05, 3.63) is 0 Å². The normalized spacial score (nSPS) is 30.1. The van der Waals surface area contributed by atoms with Crippen molar-refractivity contribution < 1.29 is 9.59 Å². The summed E-state index contributed by atoms with van der Waals surface area (Å²) in [6.45, 7) is 2.69. The standard InChI is InChI=1S/C14H23N5O2/c1-3-19-10-11(18(2)14(21)17-12(10)20)16-13(19)15-9-7-5-4-6-8-9/h9-11H,3-8H2,1-2H3,(H,15,16)(H,17,20,21). The van der Waals surface area contributed by atoms with Gasteiger partial charge < -0.3 is 15.1 Å². The van der Waals surface area contributed by atoms with Gasteiger partial charge >= 0.3 is 6.03 Å². The summed E-state index contributed by atoms with van der Waals surface area (Å²) >= 11 is 0. The molecule has 2 atom stereocenters. The van der Waals surface area contributed by atoms with Gasteiger partial charge in [0.05, 0.1) is 0 Å². The van der Waals surface area contributed by atoms with E-state index in [0.717, 1.165) is 18.8 Å². The van der Waals surface area contributed by atoms with Gasteiger partial charge in [0.1, 0.15) is 0 Å². The van der Waals surface area contributed by atoms with Crippen molar-refractivity contribution in [2.45, 2.75) is 57.3 Å². The van der Waals surface area contributed by atoms with E-state index < -0.39 is 12.2 Å².